The second kappa shape index (κ2) is 5.08. The standard InChI is InChI=1S/C10H7BrCl2N4/c11-5-1-2-6(10(13)9(5)12)15-8-4-3-7(14)16-17-8/h1-4H,(H2,14,16)(H,15,17). The normalized spacial score (nSPS) is 10.3. The molecule has 0 aliphatic heterocycles. The Bertz CT molecular complexity index is 545. The number of nitrogens with zero attached hydrogens (tertiary/aromatic N) is 2. The first-order valence-corrected chi connectivity index (χ1v) is 6.12. The molecule has 17 heavy (non-hydrogen) atoms. The maximum atomic E-state index is 6.08. The van der Waals surface area contributed by atoms with Crippen molar-refractivity contribution in [1.29, 1.82) is 0 Å². The highest BCUT2D eigenvalue weighted by Crippen LogP contribution is 2.36. The van der Waals surface area contributed by atoms with Gasteiger partial charge < -0.3 is 11.1 Å². The minimum absolute atomic E-state index is 0.357. The molecule has 7 heteroatoms. The zero-order valence-corrected chi connectivity index (χ0v) is 11.5. The summed E-state index contributed by atoms with van der Waals surface area (Å²) in [7, 11) is 0. The van der Waals surface area contributed by atoms with Gasteiger partial charge in [-0.1, -0.05) is 23.2 Å². The average Bonchev–Trinajstić information content (AvgIpc) is 2.33. The van der Waals surface area contributed by atoms with Crippen LogP contribution in [-0.4, -0.2) is 10.2 Å². The van der Waals surface area contributed by atoms with Gasteiger partial charge in [0.15, 0.2) is 5.82 Å². The summed E-state index contributed by atoms with van der Waals surface area (Å²) in [6.45, 7) is 0. The first-order valence-electron chi connectivity index (χ1n) is 4.57. The molecule has 1 heterocycles. The molecular weight excluding hydrogens is 327 g/mol. The van der Waals surface area contributed by atoms with Crippen LogP contribution in [0.2, 0.25) is 10.0 Å². The molecule has 4 nitrogen and oxygen atoms in total. The van der Waals surface area contributed by atoms with Crippen LogP contribution in [0.15, 0.2) is 28.7 Å². The predicted molar refractivity (Wildman–Crippen MR) is 73.9 cm³/mol. The van der Waals surface area contributed by atoms with E-state index in [1.807, 2.05) is 0 Å². The van der Waals surface area contributed by atoms with E-state index in [0.717, 1.165) is 4.47 Å². The Hall–Kier alpha value is -1.04. The van der Waals surface area contributed by atoms with Gasteiger partial charge >= 0.3 is 0 Å². The van der Waals surface area contributed by atoms with Crippen molar-refractivity contribution >= 4 is 56.5 Å². The van der Waals surface area contributed by atoms with E-state index in [1.54, 1.807) is 24.3 Å². The lowest BCUT2D eigenvalue weighted by atomic mass is 10.3. The van der Waals surface area contributed by atoms with Gasteiger partial charge in [-0.3, -0.25) is 0 Å². The first kappa shape index (κ1) is 12.4. The number of aromatic nitrogens is 2. The zero-order chi connectivity index (χ0) is 12.4. The number of nitrogens with one attached hydrogen (secondary N) is 1. The summed E-state index contributed by atoms with van der Waals surface area (Å²) in [5.41, 5.74) is 6.09. The topological polar surface area (TPSA) is 63.8 Å². The van der Waals surface area contributed by atoms with Crippen molar-refractivity contribution in [3.05, 3.63) is 38.8 Å². The summed E-state index contributed by atoms with van der Waals surface area (Å²) in [4.78, 5) is 0. The van der Waals surface area contributed by atoms with Gasteiger partial charge in [0.1, 0.15) is 5.82 Å². The Labute approximate surface area is 116 Å². The van der Waals surface area contributed by atoms with E-state index in [1.165, 1.54) is 0 Å². The molecule has 0 saturated carbocycles. The predicted octanol–water partition coefficient (Wildman–Crippen LogP) is 3.87. The van der Waals surface area contributed by atoms with Crippen LogP contribution in [0.3, 0.4) is 0 Å². The van der Waals surface area contributed by atoms with Crippen LogP contribution in [0.5, 0.6) is 0 Å². The molecule has 0 radical (unpaired) electrons. The molecule has 1 aromatic heterocycles. The summed E-state index contributed by atoms with van der Waals surface area (Å²) in [5.74, 6) is 0.898. The zero-order valence-electron chi connectivity index (χ0n) is 8.42. The Morgan fingerprint density at radius 3 is 2.47 bits per heavy atom. The van der Waals surface area contributed by atoms with E-state index in [4.69, 9.17) is 28.9 Å². The molecule has 0 saturated heterocycles. The first-order chi connectivity index (χ1) is 8.08. The van der Waals surface area contributed by atoms with E-state index < -0.39 is 0 Å². The van der Waals surface area contributed by atoms with Crippen molar-refractivity contribution in [2.75, 3.05) is 11.1 Å². The number of rotatable bonds is 2. The Morgan fingerprint density at radius 2 is 1.82 bits per heavy atom. The van der Waals surface area contributed by atoms with Crippen LogP contribution in [0, 0.1) is 0 Å². The number of anilines is 3. The molecule has 2 rings (SSSR count). The largest absolute Gasteiger partial charge is 0.382 e. The lowest BCUT2D eigenvalue weighted by Gasteiger charge is -2.09. The molecule has 0 bridgehead atoms. The van der Waals surface area contributed by atoms with Crippen LogP contribution >= 0.6 is 39.1 Å². The molecule has 0 unspecified atom stereocenters. The Kier molecular flexibility index (Phi) is 3.71. The third-order valence-corrected chi connectivity index (χ3v) is 3.75. The fraction of sp³-hybridized carbons (Fsp3) is 0. The fourth-order valence-corrected chi connectivity index (χ4v) is 1.99. The van der Waals surface area contributed by atoms with Crippen LogP contribution in [0.1, 0.15) is 0 Å². The molecular formula is C10H7BrCl2N4. The van der Waals surface area contributed by atoms with Crippen LogP contribution < -0.4 is 11.1 Å². The molecule has 88 valence electrons. The van der Waals surface area contributed by atoms with Crippen molar-refractivity contribution in [2.24, 2.45) is 0 Å². The summed E-state index contributed by atoms with van der Waals surface area (Å²) < 4.78 is 0.734. The van der Waals surface area contributed by atoms with Gasteiger partial charge in [0.05, 0.1) is 15.7 Å². The van der Waals surface area contributed by atoms with Gasteiger partial charge in [0.25, 0.3) is 0 Å². The van der Waals surface area contributed by atoms with E-state index in [0.29, 0.717) is 27.4 Å². The molecule has 0 fully saturated rings. The molecule has 2 aromatic rings. The molecule has 0 amide bonds. The monoisotopic (exact) mass is 332 g/mol. The van der Waals surface area contributed by atoms with E-state index >= 15 is 0 Å². The lowest BCUT2D eigenvalue weighted by molar-refractivity contribution is 1.05. The van der Waals surface area contributed by atoms with Crippen molar-refractivity contribution in [2.45, 2.75) is 0 Å². The maximum absolute atomic E-state index is 6.08. The SMILES string of the molecule is Nc1ccc(Nc2ccc(Br)c(Cl)c2Cl)nn1. The summed E-state index contributed by atoms with van der Waals surface area (Å²) in [6, 6.07) is 6.93. The molecule has 0 atom stereocenters. The Morgan fingerprint density at radius 1 is 1.06 bits per heavy atom. The van der Waals surface area contributed by atoms with Gasteiger partial charge in [-0.25, -0.2) is 0 Å². The van der Waals surface area contributed by atoms with Gasteiger partial charge in [0.2, 0.25) is 0 Å². The molecule has 0 spiro atoms. The second-order valence-corrected chi connectivity index (χ2v) is 4.80. The number of nitrogens with two attached hydrogens (primary N) is 1. The van der Waals surface area contributed by atoms with Crippen LogP contribution in [-0.2, 0) is 0 Å². The third-order valence-electron chi connectivity index (χ3n) is 1.98. The number of hydrogen-bond acceptors (Lipinski definition) is 4. The van der Waals surface area contributed by atoms with Crippen molar-refractivity contribution in [3.8, 4) is 0 Å². The third kappa shape index (κ3) is 2.80. The lowest BCUT2D eigenvalue weighted by Crippen LogP contribution is -1.98. The highest BCUT2D eigenvalue weighted by molar-refractivity contribution is 9.10. The average molecular weight is 334 g/mol. The molecule has 1 aromatic carbocycles. The van der Waals surface area contributed by atoms with E-state index in [2.05, 4.69) is 31.4 Å². The molecule has 0 aliphatic carbocycles. The summed E-state index contributed by atoms with van der Waals surface area (Å²) in [5, 5.41) is 11.5. The molecule has 0 aliphatic rings. The fourth-order valence-electron chi connectivity index (χ4n) is 1.17. The smallest absolute Gasteiger partial charge is 0.153 e. The Balaban J connectivity index is 2.30. The summed E-state index contributed by atoms with van der Waals surface area (Å²) in [6.07, 6.45) is 0. The maximum Gasteiger partial charge on any atom is 0.153 e. The van der Waals surface area contributed by atoms with Gasteiger partial charge in [-0.05, 0) is 40.2 Å². The number of hydrogen-bond donors (Lipinski definition) is 2. The number of halogens is 3. The van der Waals surface area contributed by atoms with E-state index in [-0.39, 0.29) is 0 Å². The van der Waals surface area contributed by atoms with Gasteiger partial charge in [-0.15, -0.1) is 10.2 Å². The van der Waals surface area contributed by atoms with Crippen molar-refractivity contribution in [3.63, 3.8) is 0 Å². The van der Waals surface area contributed by atoms with Gasteiger partial charge in [-0.2, -0.15) is 0 Å². The minimum Gasteiger partial charge on any atom is -0.382 e. The van der Waals surface area contributed by atoms with Crippen molar-refractivity contribution < 1.29 is 0 Å². The van der Waals surface area contributed by atoms with Gasteiger partial charge in [0, 0.05) is 4.47 Å². The highest BCUT2D eigenvalue weighted by Gasteiger charge is 2.08. The quantitative estimate of drug-likeness (QED) is 0.819. The molecule has 3 N–H and O–H groups in total. The highest BCUT2D eigenvalue weighted by atomic mass is 79.9. The van der Waals surface area contributed by atoms with Crippen LogP contribution in [0.4, 0.5) is 17.3 Å². The van der Waals surface area contributed by atoms with Crippen LogP contribution in [0.25, 0.3) is 0 Å². The number of benzene rings is 1. The minimum atomic E-state index is 0.357. The second-order valence-electron chi connectivity index (χ2n) is 3.19. The van der Waals surface area contributed by atoms with Crippen molar-refractivity contribution in [1.82, 2.24) is 10.2 Å². The van der Waals surface area contributed by atoms with E-state index in [9.17, 15) is 0 Å². The number of nitrogen functional groups attached to an aromatic ring is 1. The summed E-state index contributed by atoms with van der Waals surface area (Å²) >= 11 is 15.4.